The Kier molecular flexibility index (Phi) is 4.16. The largest absolute Gasteiger partial charge is 0.340 e. The highest BCUT2D eigenvalue weighted by molar-refractivity contribution is 6.31. The fourth-order valence-electron chi connectivity index (χ4n) is 5.71. The SMILES string of the molecule is O=c1cc(-c2cc(Cl)ccc2-n2cnnn2)cc2n1C(c1ncc(-c3ccc4[nH]ncc4c3)[nH]1)C1CC21. The van der Waals surface area contributed by atoms with Crippen molar-refractivity contribution in [3.8, 4) is 28.1 Å². The average Bonchev–Trinajstić information content (AvgIpc) is 3.41. The van der Waals surface area contributed by atoms with Crippen LogP contribution < -0.4 is 5.56 Å². The number of tetrazole rings is 1. The van der Waals surface area contributed by atoms with Gasteiger partial charge >= 0.3 is 0 Å². The third-order valence-corrected chi connectivity index (χ3v) is 7.73. The minimum Gasteiger partial charge on any atom is -0.340 e. The van der Waals surface area contributed by atoms with Crippen LogP contribution in [0, 0.1) is 5.92 Å². The molecule has 0 amide bonds. The molecule has 0 spiro atoms. The number of aromatic nitrogens is 9. The first-order chi connectivity index (χ1) is 18.1. The summed E-state index contributed by atoms with van der Waals surface area (Å²) < 4.78 is 3.47. The van der Waals surface area contributed by atoms with Crippen LogP contribution in [0.25, 0.3) is 39.0 Å². The van der Waals surface area contributed by atoms with Gasteiger partial charge in [0.05, 0.1) is 35.3 Å². The van der Waals surface area contributed by atoms with Crippen molar-refractivity contribution in [3.63, 3.8) is 0 Å². The van der Waals surface area contributed by atoms with Crippen molar-refractivity contribution in [2.45, 2.75) is 18.4 Å². The maximum atomic E-state index is 13.6. The van der Waals surface area contributed by atoms with E-state index in [9.17, 15) is 4.79 Å². The fraction of sp³-hybridized carbons (Fsp3) is 0.154. The van der Waals surface area contributed by atoms with Gasteiger partial charge in [-0.2, -0.15) is 9.78 Å². The van der Waals surface area contributed by atoms with Crippen molar-refractivity contribution < 1.29 is 0 Å². The Morgan fingerprint density at radius 1 is 1.03 bits per heavy atom. The van der Waals surface area contributed by atoms with Gasteiger partial charge in [0.2, 0.25) is 0 Å². The number of hydrogen-bond acceptors (Lipinski definition) is 6. The van der Waals surface area contributed by atoms with E-state index in [1.165, 1.54) is 6.33 Å². The molecule has 8 rings (SSSR count). The Labute approximate surface area is 213 Å². The van der Waals surface area contributed by atoms with Crippen LogP contribution in [0.5, 0.6) is 0 Å². The molecule has 3 atom stereocenters. The lowest BCUT2D eigenvalue weighted by Gasteiger charge is -2.18. The molecule has 1 aliphatic heterocycles. The van der Waals surface area contributed by atoms with Crippen LogP contribution in [0.4, 0.5) is 0 Å². The van der Waals surface area contributed by atoms with Crippen molar-refractivity contribution in [1.29, 1.82) is 0 Å². The summed E-state index contributed by atoms with van der Waals surface area (Å²) in [6.07, 6.45) is 6.20. The molecule has 2 aliphatic rings. The second kappa shape index (κ2) is 7.47. The van der Waals surface area contributed by atoms with Gasteiger partial charge in [-0.1, -0.05) is 17.7 Å². The van der Waals surface area contributed by atoms with Crippen LogP contribution in [0.15, 0.2) is 72.0 Å². The van der Waals surface area contributed by atoms with E-state index in [0.29, 0.717) is 16.9 Å². The van der Waals surface area contributed by atoms with Gasteiger partial charge in [0.15, 0.2) is 0 Å². The molecule has 2 N–H and O–H groups in total. The van der Waals surface area contributed by atoms with Gasteiger partial charge in [-0.15, -0.1) is 5.10 Å². The molecular formula is C26H18ClN9O. The Morgan fingerprint density at radius 3 is 2.86 bits per heavy atom. The van der Waals surface area contributed by atoms with E-state index in [1.54, 1.807) is 23.0 Å². The third kappa shape index (κ3) is 3.12. The van der Waals surface area contributed by atoms with Crippen LogP contribution in [-0.2, 0) is 0 Å². The Bertz CT molecular complexity index is 1880. The van der Waals surface area contributed by atoms with E-state index >= 15 is 0 Å². The predicted octanol–water partition coefficient (Wildman–Crippen LogP) is 4.12. The lowest BCUT2D eigenvalue weighted by atomic mass is 10.0. The number of nitrogens with zero attached hydrogens (tertiary/aromatic N) is 7. The van der Waals surface area contributed by atoms with Crippen molar-refractivity contribution >= 4 is 22.5 Å². The summed E-state index contributed by atoms with van der Waals surface area (Å²) in [6.45, 7) is 0. The summed E-state index contributed by atoms with van der Waals surface area (Å²) in [4.78, 5) is 21.8. The van der Waals surface area contributed by atoms with E-state index in [-0.39, 0.29) is 11.6 Å². The molecule has 37 heavy (non-hydrogen) atoms. The predicted molar refractivity (Wildman–Crippen MR) is 137 cm³/mol. The number of H-pyrrole nitrogens is 2. The summed E-state index contributed by atoms with van der Waals surface area (Å²) in [5.41, 5.74) is 6.24. The molecular weight excluding hydrogens is 490 g/mol. The normalized spacial score (nSPS) is 19.8. The highest BCUT2D eigenvalue weighted by Crippen LogP contribution is 2.60. The van der Waals surface area contributed by atoms with Gasteiger partial charge in [-0.05, 0) is 64.7 Å². The van der Waals surface area contributed by atoms with Gasteiger partial charge in [0, 0.05) is 39.2 Å². The Hall–Kier alpha value is -4.57. The number of hydrogen-bond donors (Lipinski definition) is 2. The molecule has 10 nitrogen and oxygen atoms in total. The number of pyridine rings is 1. The molecule has 1 aliphatic carbocycles. The minimum absolute atomic E-state index is 0.0647. The maximum Gasteiger partial charge on any atom is 0.252 e. The van der Waals surface area contributed by atoms with Crippen molar-refractivity contribution in [2.24, 2.45) is 5.92 Å². The average molecular weight is 508 g/mol. The first-order valence-electron chi connectivity index (χ1n) is 11.9. The van der Waals surface area contributed by atoms with E-state index in [2.05, 4.69) is 42.8 Å². The van der Waals surface area contributed by atoms with Gasteiger partial charge in [-0.3, -0.25) is 9.89 Å². The zero-order valence-corrected chi connectivity index (χ0v) is 20.0. The van der Waals surface area contributed by atoms with E-state index < -0.39 is 0 Å². The molecule has 1 fully saturated rings. The molecule has 2 aromatic carbocycles. The second-order valence-electron chi connectivity index (χ2n) is 9.60. The number of imidazole rings is 1. The lowest BCUT2D eigenvalue weighted by molar-refractivity contribution is 0.515. The molecule has 0 bridgehead atoms. The summed E-state index contributed by atoms with van der Waals surface area (Å²) in [7, 11) is 0. The maximum absolute atomic E-state index is 13.6. The summed E-state index contributed by atoms with van der Waals surface area (Å²) in [5, 5.41) is 20.2. The molecule has 5 heterocycles. The summed E-state index contributed by atoms with van der Waals surface area (Å²) in [6, 6.07) is 15.2. The van der Waals surface area contributed by atoms with Crippen LogP contribution in [0.3, 0.4) is 0 Å². The number of rotatable bonds is 4. The zero-order valence-electron chi connectivity index (χ0n) is 19.2. The van der Waals surface area contributed by atoms with E-state index in [4.69, 9.17) is 16.6 Å². The summed E-state index contributed by atoms with van der Waals surface area (Å²) >= 11 is 6.34. The van der Waals surface area contributed by atoms with Gasteiger partial charge in [0.1, 0.15) is 12.2 Å². The van der Waals surface area contributed by atoms with E-state index in [1.807, 2.05) is 35.0 Å². The standard InChI is InChI=1S/C26H18ClN9O/c27-16-2-4-22(35-12-30-33-34-35)17(8-16)14-6-23-18-9-19(18)25(36(23)24(37)7-14)26-28-11-21(31-26)13-1-3-20-15(5-13)10-29-32-20/h1-8,10-12,18-19,25H,9H2,(H,28,31)(H,29,32). The Balaban J connectivity index is 1.21. The highest BCUT2D eigenvalue weighted by atomic mass is 35.5. The number of nitrogens with one attached hydrogen (secondary N) is 2. The van der Waals surface area contributed by atoms with Crippen LogP contribution in [0.1, 0.15) is 29.9 Å². The number of halogens is 1. The van der Waals surface area contributed by atoms with Crippen LogP contribution >= 0.6 is 11.6 Å². The minimum atomic E-state index is -0.119. The van der Waals surface area contributed by atoms with Crippen molar-refractivity contribution in [2.75, 3.05) is 0 Å². The van der Waals surface area contributed by atoms with Crippen LogP contribution in [0.2, 0.25) is 5.02 Å². The second-order valence-corrected chi connectivity index (χ2v) is 10.0. The molecule has 0 saturated heterocycles. The molecule has 4 aromatic heterocycles. The van der Waals surface area contributed by atoms with Crippen molar-refractivity contribution in [1.82, 2.24) is 44.9 Å². The molecule has 3 unspecified atom stereocenters. The first-order valence-corrected chi connectivity index (χ1v) is 12.3. The topological polar surface area (TPSA) is 123 Å². The smallest absolute Gasteiger partial charge is 0.252 e. The Morgan fingerprint density at radius 2 is 1.97 bits per heavy atom. The fourth-order valence-corrected chi connectivity index (χ4v) is 5.89. The van der Waals surface area contributed by atoms with Gasteiger partial charge in [-0.25, -0.2) is 4.98 Å². The monoisotopic (exact) mass is 507 g/mol. The lowest BCUT2D eigenvalue weighted by Crippen LogP contribution is -2.26. The van der Waals surface area contributed by atoms with Crippen molar-refractivity contribution in [3.05, 3.63) is 94.1 Å². The van der Waals surface area contributed by atoms with Gasteiger partial charge in [0.25, 0.3) is 5.56 Å². The first kappa shape index (κ1) is 20.6. The molecule has 1 saturated carbocycles. The third-order valence-electron chi connectivity index (χ3n) is 7.49. The number of benzene rings is 2. The summed E-state index contributed by atoms with van der Waals surface area (Å²) in [5.74, 6) is 1.47. The molecule has 6 aromatic rings. The molecule has 0 radical (unpaired) electrons. The highest BCUT2D eigenvalue weighted by Gasteiger charge is 2.54. The zero-order chi connectivity index (χ0) is 24.7. The number of fused-ring (bicyclic) bond motifs is 4. The van der Waals surface area contributed by atoms with Gasteiger partial charge < -0.3 is 9.55 Å². The van der Waals surface area contributed by atoms with E-state index in [0.717, 1.165) is 56.9 Å². The van der Waals surface area contributed by atoms with Crippen LogP contribution in [-0.4, -0.2) is 44.9 Å². The number of aromatic amines is 2. The molecule has 180 valence electrons. The molecule has 11 heteroatoms. The quantitative estimate of drug-likeness (QED) is 0.370.